The van der Waals surface area contributed by atoms with E-state index in [1.807, 2.05) is 0 Å². The van der Waals surface area contributed by atoms with Crippen LogP contribution in [0.15, 0.2) is 5.16 Å². The molecular weight excluding hydrogens is 178 g/mol. The summed E-state index contributed by atoms with van der Waals surface area (Å²) in [6.45, 7) is 4.23. The van der Waals surface area contributed by atoms with E-state index in [1.54, 1.807) is 0 Å². The molecule has 4 nitrogen and oxygen atoms in total. The molecule has 1 aliphatic heterocycles. The summed E-state index contributed by atoms with van der Waals surface area (Å²) < 4.78 is 0. The molecule has 0 amide bonds. The summed E-state index contributed by atoms with van der Waals surface area (Å²) in [5, 5.41) is 11.8. The molecule has 0 aliphatic carbocycles. The molecule has 0 radical (unpaired) electrons. The minimum Gasteiger partial charge on any atom is -0.409 e. The molecule has 1 rings (SSSR count). The molecule has 0 bridgehead atoms. The summed E-state index contributed by atoms with van der Waals surface area (Å²) in [5.41, 5.74) is 5.67. The third kappa shape index (κ3) is 2.87. The minimum absolute atomic E-state index is 0.123. The quantitative estimate of drug-likeness (QED) is 0.312. The first-order chi connectivity index (χ1) is 6.79. The number of hydrogen-bond donors (Lipinski definition) is 2. The SMILES string of the molecule is CCC(/C(N)=N/O)N1CCCCCC1. The molecule has 82 valence electrons. The highest BCUT2D eigenvalue weighted by atomic mass is 16.4. The van der Waals surface area contributed by atoms with E-state index in [1.165, 1.54) is 25.7 Å². The van der Waals surface area contributed by atoms with Crippen LogP contribution in [0.5, 0.6) is 0 Å². The summed E-state index contributed by atoms with van der Waals surface area (Å²) >= 11 is 0. The summed E-state index contributed by atoms with van der Waals surface area (Å²) in [6.07, 6.45) is 5.99. The highest BCUT2D eigenvalue weighted by Gasteiger charge is 2.21. The van der Waals surface area contributed by atoms with Gasteiger partial charge in [-0.3, -0.25) is 4.90 Å². The van der Waals surface area contributed by atoms with E-state index in [0.717, 1.165) is 19.5 Å². The molecule has 3 N–H and O–H groups in total. The van der Waals surface area contributed by atoms with Gasteiger partial charge in [-0.05, 0) is 32.4 Å². The summed E-state index contributed by atoms with van der Waals surface area (Å²) in [4.78, 5) is 2.34. The summed E-state index contributed by atoms with van der Waals surface area (Å²) in [6, 6.07) is 0.123. The highest BCUT2D eigenvalue weighted by Crippen LogP contribution is 2.14. The van der Waals surface area contributed by atoms with Crippen molar-refractivity contribution in [3.63, 3.8) is 0 Å². The molecule has 1 unspecified atom stereocenters. The van der Waals surface area contributed by atoms with Gasteiger partial charge in [-0.2, -0.15) is 0 Å². The van der Waals surface area contributed by atoms with Crippen molar-refractivity contribution in [1.82, 2.24) is 4.90 Å². The van der Waals surface area contributed by atoms with Crippen molar-refractivity contribution in [3.8, 4) is 0 Å². The Hall–Kier alpha value is -0.770. The standard InChI is InChI=1S/C10H21N3O/c1-2-9(10(11)12-14)13-7-5-3-4-6-8-13/h9,14H,2-8H2,1H3,(H2,11,12). The van der Waals surface area contributed by atoms with Gasteiger partial charge in [0.2, 0.25) is 0 Å². The van der Waals surface area contributed by atoms with Crippen LogP contribution in [0, 0.1) is 0 Å². The third-order valence-electron chi connectivity index (χ3n) is 2.93. The van der Waals surface area contributed by atoms with Gasteiger partial charge in [-0.1, -0.05) is 24.9 Å². The Morgan fingerprint density at radius 1 is 1.36 bits per heavy atom. The highest BCUT2D eigenvalue weighted by molar-refractivity contribution is 5.85. The molecule has 14 heavy (non-hydrogen) atoms. The van der Waals surface area contributed by atoms with Crippen LogP contribution in [0.2, 0.25) is 0 Å². The zero-order chi connectivity index (χ0) is 10.4. The zero-order valence-corrected chi connectivity index (χ0v) is 8.95. The Morgan fingerprint density at radius 3 is 2.36 bits per heavy atom. The minimum atomic E-state index is 0.123. The third-order valence-corrected chi connectivity index (χ3v) is 2.93. The Bertz CT molecular complexity index is 186. The van der Waals surface area contributed by atoms with Crippen LogP contribution in [0.3, 0.4) is 0 Å². The van der Waals surface area contributed by atoms with Gasteiger partial charge in [-0.15, -0.1) is 0 Å². The van der Waals surface area contributed by atoms with Crippen LogP contribution in [-0.4, -0.2) is 35.1 Å². The number of nitrogens with two attached hydrogens (primary N) is 1. The molecule has 1 heterocycles. The van der Waals surface area contributed by atoms with Crippen molar-refractivity contribution in [2.75, 3.05) is 13.1 Å². The van der Waals surface area contributed by atoms with Crippen molar-refractivity contribution < 1.29 is 5.21 Å². The second-order valence-corrected chi connectivity index (χ2v) is 3.90. The van der Waals surface area contributed by atoms with Gasteiger partial charge in [-0.25, -0.2) is 0 Å². The van der Waals surface area contributed by atoms with Crippen LogP contribution in [0.25, 0.3) is 0 Å². The van der Waals surface area contributed by atoms with Gasteiger partial charge < -0.3 is 10.9 Å². The number of oxime groups is 1. The maximum absolute atomic E-state index is 8.67. The zero-order valence-electron chi connectivity index (χ0n) is 8.95. The Labute approximate surface area is 85.8 Å². The molecule has 0 saturated carbocycles. The first kappa shape index (κ1) is 11.3. The van der Waals surface area contributed by atoms with Crippen molar-refractivity contribution in [2.24, 2.45) is 10.9 Å². The Morgan fingerprint density at radius 2 is 1.93 bits per heavy atom. The fourth-order valence-corrected chi connectivity index (χ4v) is 2.13. The first-order valence-electron chi connectivity index (χ1n) is 5.51. The fourth-order valence-electron chi connectivity index (χ4n) is 2.13. The molecule has 1 fully saturated rings. The maximum Gasteiger partial charge on any atom is 0.156 e. The van der Waals surface area contributed by atoms with Gasteiger partial charge in [0, 0.05) is 0 Å². The Balaban J connectivity index is 2.57. The Kier molecular flexibility index (Phi) is 4.73. The van der Waals surface area contributed by atoms with Crippen molar-refractivity contribution in [2.45, 2.75) is 45.1 Å². The van der Waals surface area contributed by atoms with E-state index in [0.29, 0.717) is 5.84 Å². The van der Waals surface area contributed by atoms with Gasteiger partial charge in [0.15, 0.2) is 5.84 Å². The van der Waals surface area contributed by atoms with Crippen LogP contribution in [-0.2, 0) is 0 Å². The summed E-state index contributed by atoms with van der Waals surface area (Å²) in [5.74, 6) is 0.356. The number of nitrogens with zero attached hydrogens (tertiary/aromatic N) is 2. The number of amidine groups is 1. The van der Waals surface area contributed by atoms with Crippen LogP contribution in [0.1, 0.15) is 39.0 Å². The van der Waals surface area contributed by atoms with E-state index >= 15 is 0 Å². The molecule has 0 aromatic heterocycles. The van der Waals surface area contributed by atoms with Gasteiger partial charge in [0.25, 0.3) is 0 Å². The topological polar surface area (TPSA) is 61.9 Å². The largest absolute Gasteiger partial charge is 0.409 e. The smallest absolute Gasteiger partial charge is 0.156 e. The van der Waals surface area contributed by atoms with Gasteiger partial charge >= 0.3 is 0 Å². The molecule has 0 aromatic rings. The number of hydrogen-bond acceptors (Lipinski definition) is 3. The lowest BCUT2D eigenvalue weighted by Crippen LogP contribution is -2.44. The number of likely N-dealkylation sites (tertiary alicyclic amines) is 1. The maximum atomic E-state index is 8.67. The predicted octanol–water partition coefficient (Wildman–Crippen LogP) is 1.39. The fraction of sp³-hybridized carbons (Fsp3) is 0.900. The van der Waals surface area contributed by atoms with E-state index in [2.05, 4.69) is 17.0 Å². The van der Waals surface area contributed by atoms with Gasteiger partial charge in [0.1, 0.15) is 0 Å². The second-order valence-electron chi connectivity index (χ2n) is 3.90. The molecule has 0 spiro atoms. The van der Waals surface area contributed by atoms with Crippen molar-refractivity contribution in [1.29, 1.82) is 0 Å². The van der Waals surface area contributed by atoms with E-state index in [4.69, 9.17) is 10.9 Å². The first-order valence-corrected chi connectivity index (χ1v) is 5.51. The lowest BCUT2D eigenvalue weighted by atomic mass is 10.1. The monoisotopic (exact) mass is 199 g/mol. The van der Waals surface area contributed by atoms with Crippen LogP contribution >= 0.6 is 0 Å². The molecule has 0 aromatic carbocycles. The van der Waals surface area contributed by atoms with Crippen molar-refractivity contribution >= 4 is 5.84 Å². The lowest BCUT2D eigenvalue weighted by molar-refractivity contribution is 0.236. The lowest BCUT2D eigenvalue weighted by Gasteiger charge is -2.28. The van der Waals surface area contributed by atoms with E-state index in [9.17, 15) is 0 Å². The predicted molar refractivity (Wildman–Crippen MR) is 57.5 cm³/mol. The van der Waals surface area contributed by atoms with E-state index < -0.39 is 0 Å². The van der Waals surface area contributed by atoms with E-state index in [-0.39, 0.29) is 6.04 Å². The number of rotatable bonds is 3. The molecule has 1 saturated heterocycles. The molecule has 1 aliphatic rings. The van der Waals surface area contributed by atoms with Crippen LogP contribution in [0.4, 0.5) is 0 Å². The molecule has 4 heteroatoms. The molecular formula is C10H21N3O. The average Bonchev–Trinajstić information content (AvgIpc) is 2.47. The average molecular weight is 199 g/mol. The second kappa shape index (κ2) is 5.86. The van der Waals surface area contributed by atoms with Gasteiger partial charge in [0.05, 0.1) is 6.04 Å². The van der Waals surface area contributed by atoms with Crippen LogP contribution < -0.4 is 5.73 Å². The summed E-state index contributed by atoms with van der Waals surface area (Å²) in [7, 11) is 0. The normalized spacial score (nSPS) is 23.1. The van der Waals surface area contributed by atoms with Crippen molar-refractivity contribution in [3.05, 3.63) is 0 Å². The molecule has 1 atom stereocenters.